The summed E-state index contributed by atoms with van der Waals surface area (Å²) in [6.07, 6.45) is 0. The molecule has 0 spiro atoms. The highest BCUT2D eigenvalue weighted by Gasteiger charge is 2.18. The summed E-state index contributed by atoms with van der Waals surface area (Å²) in [5, 5.41) is 5.02. The molecule has 0 aliphatic heterocycles. The van der Waals surface area contributed by atoms with E-state index in [9.17, 15) is 0 Å². The maximum atomic E-state index is 2.41. The number of hydrogen-bond donors (Lipinski definition) is 0. The number of hydrogen-bond acceptors (Lipinski definition) is 1. The van der Waals surface area contributed by atoms with E-state index < -0.39 is 0 Å². The Morgan fingerprint density at radius 1 is 0.242 bits per heavy atom. The molecule has 0 aliphatic carbocycles. The Hall–Kier alpha value is -8.72. The first kappa shape index (κ1) is 38.9. The van der Waals surface area contributed by atoms with E-state index >= 15 is 0 Å². The molecule has 0 saturated heterocycles. The first-order valence-corrected chi connectivity index (χ1v) is 22.7. The summed E-state index contributed by atoms with van der Waals surface area (Å²) >= 11 is 0. The quantitative estimate of drug-likeness (QED) is 0.141. The lowest BCUT2D eigenvalue weighted by Crippen LogP contribution is -2.09. The van der Waals surface area contributed by atoms with Crippen molar-refractivity contribution in [1.29, 1.82) is 0 Å². The van der Waals surface area contributed by atoms with Crippen LogP contribution >= 0.6 is 0 Å². The molecule has 0 unspecified atom stereocenters. The molecular formula is C64H44N2. The van der Waals surface area contributed by atoms with Crippen LogP contribution in [0.2, 0.25) is 0 Å². The summed E-state index contributed by atoms with van der Waals surface area (Å²) in [7, 11) is 0. The molecule has 2 heteroatoms. The van der Waals surface area contributed by atoms with Gasteiger partial charge in [0.25, 0.3) is 0 Å². The van der Waals surface area contributed by atoms with Crippen LogP contribution in [0.4, 0.5) is 17.1 Å². The Morgan fingerprint density at radius 3 is 1.21 bits per heavy atom. The molecule has 0 fully saturated rings. The molecule has 0 atom stereocenters. The lowest BCUT2D eigenvalue weighted by Gasteiger charge is -2.26. The maximum absolute atomic E-state index is 2.41. The average Bonchev–Trinajstić information content (AvgIpc) is 3.74. The number of rotatable bonds is 9. The zero-order valence-electron chi connectivity index (χ0n) is 36.3. The van der Waals surface area contributed by atoms with Crippen LogP contribution in [0.3, 0.4) is 0 Å². The van der Waals surface area contributed by atoms with Crippen molar-refractivity contribution in [2.45, 2.75) is 0 Å². The largest absolute Gasteiger partial charge is 0.311 e. The van der Waals surface area contributed by atoms with Crippen molar-refractivity contribution in [1.82, 2.24) is 4.57 Å². The van der Waals surface area contributed by atoms with Crippen LogP contribution in [-0.4, -0.2) is 4.57 Å². The Bertz CT molecular complexity index is 3620. The topological polar surface area (TPSA) is 8.17 Å². The van der Waals surface area contributed by atoms with Crippen molar-refractivity contribution in [3.63, 3.8) is 0 Å². The van der Waals surface area contributed by atoms with E-state index in [0.29, 0.717) is 0 Å². The van der Waals surface area contributed by atoms with Crippen molar-refractivity contribution in [3.8, 4) is 61.3 Å². The van der Waals surface area contributed by atoms with Gasteiger partial charge in [-0.05, 0) is 134 Å². The number of aromatic nitrogens is 1. The minimum absolute atomic E-state index is 1.08. The van der Waals surface area contributed by atoms with E-state index in [1.807, 2.05) is 0 Å². The standard InChI is InChI=1S/C64H44N2/c1-2-14-45(15-3-1)51-18-12-19-52(42-51)47-30-36-56(37-31-47)65(57-38-32-48(33-39-57)53-20-13-21-54(43-53)55-29-28-46-16-4-5-17-50(46)44-55)58-40-34-49(35-41-58)59-22-6-9-25-62(59)66-63-26-10-7-23-60(63)61-24-8-11-27-64(61)66/h1-44H. The average molecular weight is 841 g/mol. The Morgan fingerprint density at radius 2 is 0.636 bits per heavy atom. The van der Waals surface area contributed by atoms with Gasteiger partial charge in [-0.25, -0.2) is 0 Å². The van der Waals surface area contributed by atoms with Gasteiger partial charge in [0.15, 0.2) is 0 Å². The smallest absolute Gasteiger partial charge is 0.0541 e. The highest BCUT2D eigenvalue weighted by Crippen LogP contribution is 2.41. The SMILES string of the molecule is c1ccc(-c2cccc(-c3ccc(N(c4ccc(-c5cccc(-c6ccc7ccccc7c6)c5)cc4)c4ccc(-c5ccccc5-n5c6ccccc6c6ccccc65)cc4)cc3)c2)cc1. The van der Waals surface area contributed by atoms with Crippen molar-refractivity contribution in [3.05, 3.63) is 267 Å². The fourth-order valence-corrected chi connectivity index (χ4v) is 9.69. The third kappa shape index (κ3) is 7.21. The molecule has 12 aromatic rings. The van der Waals surface area contributed by atoms with Gasteiger partial charge in [0, 0.05) is 33.4 Å². The Balaban J connectivity index is 0.917. The molecule has 1 aromatic heterocycles. The third-order valence-electron chi connectivity index (χ3n) is 13.0. The van der Waals surface area contributed by atoms with E-state index in [4.69, 9.17) is 0 Å². The first-order valence-electron chi connectivity index (χ1n) is 22.7. The van der Waals surface area contributed by atoms with Gasteiger partial charge in [-0.2, -0.15) is 0 Å². The van der Waals surface area contributed by atoms with Crippen LogP contribution in [0.1, 0.15) is 0 Å². The molecule has 66 heavy (non-hydrogen) atoms. The maximum Gasteiger partial charge on any atom is 0.0541 e. The summed E-state index contributed by atoms with van der Waals surface area (Å²) in [5.41, 5.74) is 18.7. The lowest BCUT2D eigenvalue weighted by molar-refractivity contribution is 1.18. The van der Waals surface area contributed by atoms with E-state index in [1.54, 1.807) is 0 Å². The van der Waals surface area contributed by atoms with Crippen molar-refractivity contribution >= 4 is 49.6 Å². The van der Waals surface area contributed by atoms with Gasteiger partial charge in [-0.3, -0.25) is 0 Å². The van der Waals surface area contributed by atoms with Gasteiger partial charge in [0.05, 0.1) is 16.7 Å². The second-order valence-electron chi connectivity index (χ2n) is 17.0. The van der Waals surface area contributed by atoms with E-state index in [-0.39, 0.29) is 0 Å². The summed E-state index contributed by atoms with van der Waals surface area (Å²) in [6.45, 7) is 0. The molecule has 12 rings (SSSR count). The first-order chi connectivity index (χ1) is 32.7. The van der Waals surface area contributed by atoms with Gasteiger partial charge in [0.1, 0.15) is 0 Å². The van der Waals surface area contributed by atoms with Gasteiger partial charge < -0.3 is 9.47 Å². The van der Waals surface area contributed by atoms with E-state index in [2.05, 4.69) is 276 Å². The minimum Gasteiger partial charge on any atom is -0.311 e. The molecule has 0 N–H and O–H groups in total. The minimum atomic E-state index is 1.08. The van der Waals surface area contributed by atoms with Crippen LogP contribution in [0.25, 0.3) is 93.9 Å². The summed E-state index contributed by atoms with van der Waals surface area (Å²) in [5.74, 6) is 0. The van der Waals surface area contributed by atoms with Gasteiger partial charge in [-0.1, -0.05) is 194 Å². The molecule has 0 saturated carbocycles. The second-order valence-corrected chi connectivity index (χ2v) is 17.0. The predicted molar refractivity (Wildman–Crippen MR) is 280 cm³/mol. The van der Waals surface area contributed by atoms with Crippen LogP contribution < -0.4 is 4.90 Å². The van der Waals surface area contributed by atoms with E-state index in [0.717, 1.165) is 28.3 Å². The molecule has 310 valence electrons. The summed E-state index contributed by atoms with van der Waals surface area (Å²) < 4.78 is 2.41. The fourth-order valence-electron chi connectivity index (χ4n) is 9.69. The zero-order chi connectivity index (χ0) is 43.8. The molecular weight excluding hydrogens is 797 g/mol. The number of nitrogens with zero attached hydrogens (tertiary/aromatic N) is 2. The number of anilines is 3. The van der Waals surface area contributed by atoms with Gasteiger partial charge in [-0.15, -0.1) is 0 Å². The van der Waals surface area contributed by atoms with Crippen molar-refractivity contribution in [2.24, 2.45) is 0 Å². The monoisotopic (exact) mass is 840 g/mol. The van der Waals surface area contributed by atoms with Gasteiger partial charge in [0.2, 0.25) is 0 Å². The second kappa shape index (κ2) is 16.8. The van der Waals surface area contributed by atoms with Crippen LogP contribution in [0, 0.1) is 0 Å². The normalized spacial score (nSPS) is 11.3. The molecule has 0 bridgehead atoms. The molecule has 0 amide bonds. The third-order valence-corrected chi connectivity index (χ3v) is 13.0. The highest BCUT2D eigenvalue weighted by atomic mass is 15.1. The van der Waals surface area contributed by atoms with Crippen LogP contribution in [-0.2, 0) is 0 Å². The van der Waals surface area contributed by atoms with Crippen LogP contribution in [0.15, 0.2) is 267 Å². The molecule has 1 heterocycles. The fraction of sp³-hybridized carbons (Fsp3) is 0. The lowest BCUT2D eigenvalue weighted by atomic mass is 9.97. The molecule has 0 radical (unpaired) electrons. The molecule has 2 nitrogen and oxygen atoms in total. The van der Waals surface area contributed by atoms with Crippen molar-refractivity contribution < 1.29 is 0 Å². The number of benzene rings is 11. The summed E-state index contributed by atoms with van der Waals surface area (Å²) in [4.78, 5) is 2.36. The number of para-hydroxylation sites is 3. The van der Waals surface area contributed by atoms with Gasteiger partial charge >= 0.3 is 0 Å². The van der Waals surface area contributed by atoms with E-state index in [1.165, 1.54) is 82.6 Å². The molecule has 0 aliphatic rings. The predicted octanol–water partition coefficient (Wildman–Crippen LogP) is 17.7. The Labute approximate surface area is 385 Å². The van der Waals surface area contributed by atoms with Crippen LogP contribution in [0.5, 0.6) is 0 Å². The van der Waals surface area contributed by atoms with Crippen molar-refractivity contribution in [2.75, 3.05) is 4.90 Å². The zero-order valence-corrected chi connectivity index (χ0v) is 36.3. The highest BCUT2D eigenvalue weighted by molar-refractivity contribution is 6.09. The number of fused-ring (bicyclic) bond motifs is 4. The summed E-state index contributed by atoms with van der Waals surface area (Å²) in [6, 6.07) is 96.8. The Kier molecular flexibility index (Phi) is 9.89. The molecule has 11 aromatic carbocycles.